The van der Waals surface area contributed by atoms with Crippen LogP contribution in [0.3, 0.4) is 0 Å². The minimum absolute atomic E-state index is 0.0799. The molecule has 184 valence electrons. The Balaban J connectivity index is 0.00000199. The molecule has 3 N–H and O–H groups in total. The Morgan fingerprint density at radius 3 is 2.38 bits per heavy atom. The van der Waals surface area contributed by atoms with Crippen LogP contribution in [0.4, 0.5) is 13.2 Å². The van der Waals surface area contributed by atoms with Crippen LogP contribution in [0.5, 0.6) is 5.75 Å². The van der Waals surface area contributed by atoms with Crippen LogP contribution in [0.15, 0.2) is 42.6 Å². The molecule has 1 atom stereocenters. The number of hydrogen-bond acceptors (Lipinski definition) is 3. The second kappa shape index (κ2) is 11.6. The van der Waals surface area contributed by atoms with E-state index in [4.69, 9.17) is 9.84 Å². The summed E-state index contributed by atoms with van der Waals surface area (Å²) in [5.41, 5.74) is 2.88. The second-order valence-electron chi connectivity index (χ2n) is 7.72. The Morgan fingerprint density at radius 1 is 1.09 bits per heavy atom. The molecule has 1 amide bonds. The van der Waals surface area contributed by atoms with Gasteiger partial charge in [-0.2, -0.15) is 13.2 Å². The lowest BCUT2D eigenvalue weighted by molar-refractivity contribution is -0.142. The largest absolute Gasteiger partial charge is 0.496 e. The number of halogens is 3. The monoisotopic (exact) mass is 478 g/mol. The number of amides is 1. The molecule has 0 spiro atoms. The highest BCUT2D eigenvalue weighted by molar-refractivity contribution is 5.99. The fourth-order valence-corrected chi connectivity index (χ4v) is 3.53. The van der Waals surface area contributed by atoms with E-state index in [1.807, 2.05) is 13.8 Å². The summed E-state index contributed by atoms with van der Waals surface area (Å²) in [6.45, 7) is 5.35. The van der Waals surface area contributed by atoms with E-state index in [2.05, 4.69) is 10.3 Å². The van der Waals surface area contributed by atoms with Gasteiger partial charge in [0, 0.05) is 42.0 Å². The first-order chi connectivity index (χ1) is 16.1. The average molecular weight is 479 g/mol. The molecule has 0 aliphatic rings. The Labute approximate surface area is 196 Å². The second-order valence-corrected chi connectivity index (χ2v) is 7.72. The highest BCUT2D eigenvalue weighted by atomic mass is 19.4. The standard InChI is InChI=1S/C23H23F3N2O4.C2H6/c1-13(10-23(24,25)26)11-28-21(29)15-5-6-19-18(8-15)17(12-27-19)7-14-3-4-16(22(30)31)9-20(14)32-2;1-2/h3-6,8-9,12-13,27H,7,10-11H2,1-2H3,(H,28,29)(H,30,31);1-2H3. The number of methoxy groups -OCH3 is 1. The molecule has 0 bridgehead atoms. The van der Waals surface area contributed by atoms with E-state index in [9.17, 15) is 22.8 Å². The van der Waals surface area contributed by atoms with Crippen LogP contribution in [-0.2, 0) is 6.42 Å². The first-order valence-corrected chi connectivity index (χ1v) is 10.9. The number of carbonyl (C=O) groups excluding carboxylic acids is 1. The van der Waals surface area contributed by atoms with E-state index >= 15 is 0 Å². The maximum atomic E-state index is 12.5. The van der Waals surface area contributed by atoms with Gasteiger partial charge in [-0.05, 0) is 47.4 Å². The van der Waals surface area contributed by atoms with E-state index < -0.39 is 30.4 Å². The van der Waals surface area contributed by atoms with Crippen LogP contribution in [0.25, 0.3) is 10.9 Å². The molecule has 0 radical (unpaired) electrons. The number of carboxylic acid groups (broad SMARTS) is 1. The number of nitrogens with one attached hydrogen (secondary N) is 2. The third kappa shape index (κ3) is 7.00. The zero-order valence-electron chi connectivity index (χ0n) is 19.5. The summed E-state index contributed by atoms with van der Waals surface area (Å²) in [5.74, 6) is -1.79. The number of aromatic carboxylic acids is 1. The minimum Gasteiger partial charge on any atom is -0.496 e. The summed E-state index contributed by atoms with van der Waals surface area (Å²) in [6, 6.07) is 9.65. The van der Waals surface area contributed by atoms with Crippen LogP contribution in [-0.4, -0.2) is 41.8 Å². The van der Waals surface area contributed by atoms with E-state index in [1.54, 1.807) is 30.5 Å². The Bertz CT molecular complexity index is 1140. The molecule has 3 rings (SSSR count). The smallest absolute Gasteiger partial charge is 0.389 e. The number of carbonyl (C=O) groups is 2. The molecule has 2 aromatic carbocycles. The number of ether oxygens (including phenoxy) is 1. The van der Waals surface area contributed by atoms with E-state index in [0.29, 0.717) is 17.7 Å². The normalized spacial score (nSPS) is 12.0. The van der Waals surface area contributed by atoms with Gasteiger partial charge in [-0.1, -0.05) is 26.8 Å². The Hall–Kier alpha value is -3.49. The van der Waals surface area contributed by atoms with Crippen molar-refractivity contribution in [1.29, 1.82) is 0 Å². The van der Waals surface area contributed by atoms with Gasteiger partial charge in [0.05, 0.1) is 12.7 Å². The third-order valence-electron chi connectivity index (χ3n) is 5.14. The van der Waals surface area contributed by atoms with Crippen molar-refractivity contribution in [3.05, 3.63) is 64.8 Å². The molecule has 0 fully saturated rings. The van der Waals surface area contributed by atoms with Gasteiger partial charge < -0.3 is 20.1 Å². The summed E-state index contributed by atoms with van der Waals surface area (Å²) in [6.07, 6.45) is -3.01. The van der Waals surface area contributed by atoms with Crippen molar-refractivity contribution in [2.45, 2.75) is 39.8 Å². The van der Waals surface area contributed by atoms with Crippen molar-refractivity contribution in [1.82, 2.24) is 10.3 Å². The highest BCUT2D eigenvalue weighted by Crippen LogP contribution is 2.28. The highest BCUT2D eigenvalue weighted by Gasteiger charge is 2.30. The van der Waals surface area contributed by atoms with Crippen LogP contribution < -0.4 is 10.1 Å². The summed E-state index contributed by atoms with van der Waals surface area (Å²) in [7, 11) is 1.46. The summed E-state index contributed by atoms with van der Waals surface area (Å²) in [4.78, 5) is 26.8. The van der Waals surface area contributed by atoms with Crippen molar-refractivity contribution >= 4 is 22.8 Å². The zero-order chi connectivity index (χ0) is 25.5. The average Bonchev–Trinajstić information content (AvgIpc) is 3.19. The van der Waals surface area contributed by atoms with Gasteiger partial charge >= 0.3 is 12.1 Å². The molecular formula is C25H29F3N2O4. The molecule has 0 saturated heterocycles. The van der Waals surface area contributed by atoms with Crippen LogP contribution in [0.2, 0.25) is 0 Å². The quantitative estimate of drug-likeness (QED) is 0.381. The Morgan fingerprint density at radius 2 is 1.76 bits per heavy atom. The molecule has 1 aromatic heterocycles. The van der Waals surface area contributed by atoms with Gasteiger partial charge in [-0.3, -0.25) is 4.79 Å². The van der Waals surface area contributed by atoms with Crippen LogP contribution >= 0.6 is 0 Å². The SMILES string of the molecule is CC.COc1cc(C(=O)O)ccc1Cc1c[nH]c2ccc(C(=O)NCC(C)CC(F)(F)F)cc12. The molecule has 0 saturated carbocycles. The van der Waals surface area contributed by atoms with Crippen molar-refractivity contribution in [2.75, 3.05) is 13.7 Å². The van der Waals surface area contributed by atoms with Crippen molar-refractivity contribution in [3.63, 3.8) is 0 Å². The maximum Gasteiger partial charge on any atom is 0.389 e. The molecule has 3 aromatic rings. The molecule has 9 heteroatoms. The lowest BCUT2D eigenvalue weighted by Gasteiger charge is -2.14. The summed E-state index contributed by atoms with van der Waals surface area (Å²) in [5, 5.41) is 12.5. The zero-order valence-corrected chi connectivity index (χ0v) is 19.5. The first kappa shape index (κ1) is 26.8. The number of aromatic amines is 1. The van der Waals surface area contributed by atoms with Gasteiger partial charge in [0.25, 0.3) is 5.91 Å². The lowest BCUT2D eigenvalue weighted by atomic mass is 10.0. The van der Waals surface area contributed by atoms with Crippen LogP contribution in [0.1, 0.15) is 59.0 Å². The molecule has 1 unspecified atom stereocenters. The number of H-pyrrole nitrogens is 1. The molecule has 6 nitrogen and oxygen atoms in total. The predicted molar refractivity (Wildman–Crippen MR) is 125 cm³/mol. The van der Waals surface area contributed by atoms with E-state index in [-0.39, 0.29) is 12.1 Å². The number of carboxylic acids is 1. The lowest BCUT2D eigenvalue weighted by Crippen LogP contribution is -2.30. The molecule has 0 aliphatic heterocycles. The number of benzene rings is 2. The van der Waals surface area contributed by atoms with Crippen molar-refractivity contribution < 1.29 is 32.6 Å². The van der Waals surface area contributed by atoms with Gasteiger partial charge in [0.15, 0.2) is 0 Å². The van der Waals surface area contributed by atoms with Crippen molar-refractivity contribution in [2.24, 2.45) is 5.92 Å². The van der Waals surface area contributed by atoms with E-state index in [0.717, 1.165) is 22.0 Å². The topological polar surface area (TPSA) is 91.4 Å². The summed E-state index contributed by atoms with van der Waals surface area (Å²) >= 11 is 0. The number of fused-ring (bicyclic) bond motifs is 1. The van der Waals surface area contributed by atoms with Gasteiger partial charge in [0.2, 0.25) is 0 Å². The predicted octanol–water partition coefficient (Wildman–Crippen LogP) is 5.81. The first-order valence-electron chi connectivity index (χ1n) is 10.9. The van der Waals surface area contributed by atoms with Gasteiger partial charge in [-0.15, -0.1) is 0 Å². The van der Waals surface area contributed by atoms with Crippen LogP contribution in [0, 0.1) is 5.92 Å². The number of rotatable bonds is 8. The number of alkyl halides is 3. The number of aromatic nitrogens is 1. The third-order valence-corrected chi connectivity index (χ3v) is 5.14. The molecule has 0 aliphatic carbocycles. The molecule has 34 heavy (non-hydrogen) atoms. The van der Waals surface area contributed by atoms with Crippen molar-refractivity contribution in [3.8, 4) is 5.75 Å². The minimum atomic E-state index is -4.27. The molecule has 1 heterocycles. The fourth-order valence-electron chi connectivity index (χ4n) is 3.53. The number of hydrogen-bond donors (Lipinski definition) is 3. The van der Waals surface area contributed by atoms with Gasteiger partial charge in [-0.25, -0.2) is 4.79 Å². The summed E-state index contributed by atoms with van der Waals surface area (Å²) < 4.78 is 42.8. The Kier molecular flexibility index (Phi) is 9.11. The maximum absolute atomic E-state index is 12.5. The fraction of sp³-hybridized carbons (Fsp3) is 0.360. The molecular weight excluding hydrogens is 449 g/mol. The van der Waals surface area contributed by atoms with Gasteiger partial charge in [0.1, 0.15) is 5.75 Å². The van der Waals surface area contributed by atoms with E-state index in [1.165, 1.54) is 26.2 Å².